The van der Waals surface area contributed by atoms with Crippen LogP contribution in [0.15, 0.2) is 29.2 Å². The SMILES string of the molecule is CCCCNS(=O)c1ccc(N)cc1. The lowest BCUT2D eigenvalue weighted by atomic mass is 10.3. The highest BCUT2D eigenvalue weighted by molar-refractivity contribution is 7.83. The maximum absolute atomic E-state index is 11.6. The lowest BCUT2D eigenvalue weighted by Gasteiger charge is -2.03. The van der Waals surface area contributed by atoms with Gasteiger partial charge >= 0.3 is 0 Å². The Balaban J connectivity index is 2.48. The Morgan fingerprint density at radius 2 is 2.00 bits per heavy atom. The second-order valence-corrected chi connectivity index (χ2v) is 4.38. The fourth-order valence-electron chi connectivity index (χ4n) is 1.02. The minimum atomic E-state index is -1.10. The van der Waals surface area contributed by atoms with Gasteiger partial charge in [-0.1, -0.05) is 13.3 Å². The van der Waals surface area contributed by atoms with Crippen LogP contribution in [0.4, 0.5) is 5.69 Å². The highest BCUT2D eigenvalue weighted by Crippen LogP contribution is 2.08. The van der Waals surface area contributed by atoms with E-state index in [0.29, 0.717) is 5.69 Å². The third-order valence-corrected chi connectivity index (χ3v) is 3.02. The molecule has 0 aliphatic carbocycles. The zero-order valence-electron chi connectivity index (χ0n) is 8.32. The van der Waals surface area contributed by atoms with Gasteiger partial charge in [-0.3, -0.25) is 0 Å². The van der Waals surface area contributed by atoms with Crippen molar-refractivity contribution in [3.05, 3.63) is 24.3 Å². The predicted octanol–water partition coefficient (Wildman–Crippen LogP) is 1.68. The molecule has 0 aliphatic heterocycles. The molecule has 78 valence electrons. The molecule has 0 radical (unpaired) electrons. The fraction of sp³-hybridized carbons (Fsp3) is 0.400. The lowest BCUT2D eigenvalue weighted by molar-refractivity contribution is 0.665. The van der Waals surface area contributed by atoms with E-state index in [-0.39, 0.29) is 0 Å². The first-order chi connectivity index (χ1) is 6.74. The molecular formula is C10H16N2OS. The number of nitrogens with one attached hydrogen (secondary N) is 1. The molecule has 0 aliphatic rings. The van der Waals surface area contributed by atoms with Crippen molar-refractivity contribution in [3.8, 4) is 0 Å². The zero-order chi connectivity index (χ0) is 10.4. The number of anilines is 1. The van der Waals surface area contributed by atoms with Gasteiger partial charge < -0.3 is 5.73 Å². The summed E-state index contributed by atoms with van der Waals surface area (Å²) in [5, 5.41) is 0. The molecule has 0 amide bonds. The number of benzene rings is 1. The van der Waals surface area contributed by atoms with Gasteiger partial charge in [-0.25, -0.2) is 8.93 Å². The third-order valence-electron chi connectivity index (χ3n) is 1.86. The van der Waals surface area contributed by atoms with E-state index in [4.69, 9.17) is 5.73 Å². The number of nitrogens with two attached hydrogens (primary N) is 1. The molecule has 1 rings (SSSR count). The second kappa shape index (κ2) is 5.78. The summed E-state index contributed by atoms with van der Waals surface area (Å²) in [6.07, 6.45) is 2.15. The van der Waals surface area contributed by atoms with Gasteiger partial charge in [-0.2, -0.15) is 0 Å². The largest absolute Gasteiger partial charge is 0.399 e. The van der Waals surface area contributed by atoms with Gasteiger partial charge in [0.2, 0.25) is 0 Å². The smallest absolute Gasteiger partial charge is 0.124 e. The first-order valence-corrected chi connectivity index (χ1v) is 5.90. The van der Waals surface area contributed by atoms with Gasteiger partial charge in [-0.05, 0) is 30.7 Å². The van der Waals surface area contributed by atoms with Gasteiger partial charge in [0.1, 0.15) is 11.0 Å². The first kappa shape index (κ1) is 11.2. The minimum absolute atomic E-state index is 0.694. The van der Waals surface area contributed by atoms with Crippen molar-refractivity contribution in [2.24, 2.45) is 0 Å². The van der Waals surface area contributed by atoms with E-state index in [1.165, 1.54) is 0 Å². The van der Waals surface area contributed by atoms with Crippen LogP contribution in [0.3, 0.4) is 0 Å². The van der Waals surface area contributed by atoms with Crippen LogP contribution in [-0.2, 0) is 11.0 Å². The predicted molar refractivity (Wildman–Crippen MR) is 60.2 cm³/mol. The van der Waals surface area contributed by atoms with Crippen molar-refractivity contribution in [1.29, 1.82) is 0 Å². The molecule has 1 aromatic carbocycles. The summed E-state index contributed by atoms with van der Waals surface area (Å²) in [5.41, 5.74) is 6.22. The summed E-state index contributed by atoms with van der Waals surface area (Å²) in [4.78, 5) is 0.773. The van der Waals surface area contributed by atoms with Gasteiger partial charge in [0.25, 0.3) is 0 Å². The number of hydrogen-bond donors (Lipinski definition) is 2. The average molecular weight is 212 g/mol. The molecule has 0 aromatic heterocycles. The van der Waals surface area contributed by atoms with Crippen LogP contribution in [0.25, 0.3) is 0 Å². The highest BCUT2D eigenvalue weighted by atomic mass is 32.2. The molecule has 0 saturated carbocycles. The van der Waals surface area contributed by atoms with Crippen LogP contribution < -0.4 is 10.5 Å². The molecule has 0 bridgehead atoms. The van der Waals surface area contributed by atoms with Gasteiger partial charge in [0.15, 0.2) is 0 Å². The number of rotatable bonds is 5. The maximum atomic E-state index is 11.6. The molecule has 0 heterocycles. The van der Waals surface area contributed by atoms with Gasteiger partial charge in [0.05, 0.1) is 4.90 Å². The molecule has 14 heavy (non-hydrogen) atoms. The molecule has 3 nitrogen and oxygen atoms in total. The third kappa shape index (κ3) is 3.47. The Hall–Kier alpha value is -0.870. The van der Waals surface area contributed by atoms with Crippen molar-refractivity contribution >= 4 is 16.7 Å². The first-order valence-electron chi connectivity index (χ1n) is 4.75. The molecule has 3 N–H and O–H groups in total. The van der Waals surface area contributed by atoms with Crippen LogP contribution in [0, 0.1) is 0 Å². The van der Waals surface area contributed by atoms with Crippen LogP contribution in [0.1, 0.15) is 19.8 Å². The number of hydrogen-bond acceptors (Lipinski definition) is 2. The van der Waals surface area contributed by atoms with E-state index in [0.717, 1.165) is 24.3 Å². The van der Waals surface area contributed by atoms with E-state index < -0.39 is 11.0 Å². The minimum Gasteiger partial charge on any atom is -0.399 e. The molecule has 0 fully saturated rings. The van der Waals surface area contributed by atoms with E-state index in [2.05, 4.69) is 11.6 Å². The van der Waals surface area contributed by atoms with E-state index in [9.17, 15) is 4.21 Å². The molecule has 1 unspecified atom stereocenters. The Labute approximate surface area is 87.3 Å². The van der Waals surface area contributed by atoms with Gasteiger partial charge in [-0.15, -0.1) is 0 Å². The van der Waals surface area contributed by atoms with E-state index in [1.54, 1.807) is 24.3 Å². The van der Waals surface area contributed by atoms with Crippen molar-refractivity contribution in [2.75, 3.05) is 12.3 Å². The summed E-state index contributed by atoms with van der Waals surface area (Å²) in [5.74, 6) is 0. The Morgan fingerprint density at radius 1 is 1.36 bits per heavy atom. The topological polar surface area (TPSA) is 55.1 Å². The Bertz CT molecular complexity index is 297. The maximum Gasteiger partial charge on any atom is 0.124 e. The van der Waals surface area contributed by atoms with Crippen LogP contribution >= 0.6 is 0 Å². The van der Waals surface area contributed by atoms with Crippen molar-refractivity contribution in [1.82, 2.24) is 4.72 Å². The quantitative estimate of drug-likeness (QED) is 0.576. The lowest BCUT2D eigenvalue weighted by Crippen LogP contribution is -2.18. The summed E-state index contributed by atoms with van der Waals surface area (Å²) < 4.78 is 14.5. The van der Waals surface area contributed by atoms with E-state index in [1.807, 2.05) is 0 Å². The summed E-state index contributed by atoms with van der Waals surface area (Å²) in [6.45, 7) is 2.89. The molecule has 1 aromatic rings. The molecule has 1 atom stereocenters. The highest BCUT2D eigenvalue weighted by Gasteiger charge is 2.01. The van der Waals surface area contributed by atoms with Crippen molar-refractivity contribution in [3.63, 3.8) is 0 Å². The van der Waals surface area contributed by atoms with Crippen molar-refractivity contribution < 1.29 is 4.21 Å². The summed E-state index contributed by atoms with van der Waals surface area (Å²) >= 11 is 0. The molecule has 0 saturated heterocycles. The van der Waals surface area contributed by atoms with Crippen LogP contribution in [-0.4, -0.2) is 10.8 Å². The summed E-state index contributed by atoms with van der Waals surface area (Å²) in [7, 11) is -1.10. The zero-order valence-corrected chi connectivity index (χ0v) is 9.14. The molecule has 4 heteroatoms. The molecular weight excluding hydrogens is 196 g/mol. The second-order valence-electron chi connectivity index (χ2n) is 3.09. The Kier molecular flexibility index (Phi) is 4.62. The number of nitrogen functional groups attached to an aromatic ring is 1. The van der Waals surface area contributed by atoms with Gasteiger partial charge in [0, 0.05) is 12.2 Å². The van der Waals surface area contributed by atoms with E-state index >= 15 is 0 Å². The average Bonchev–Trinajstić information content (AvgIpc) is 2.19. The normalized spacial score (nSPS) is 12.6. The monoisotopic (exact) mass is 212 g/mol. The Morgan fingerprint density at radius 3 is 2.57 bits per heavy atom. The standard InChI is InChI=1S/C10H16N2OS/c1-2-3-8-12-14(13)10-6-4-9(11)5-7-10/h4-7,12H,2-3,8,11H2,1H3. The van der Waals surface area contributed by atoms with Crippen LogP contribution in [0.2, 0.25) is 0 Å². The fourth-order valence-corrected chi connectivity index (χ4v) is 1.90. The summed E-state index contributed by atoms with van der Waals surface area (Å²) in [6, 6.07) is 7.08. The number of unbranched alkanes of at least 4 members (excludes halogenated alkanes) is 1. The van der Waals surface area contributed by atoms with Crippen molar-refractivity contribution in [2.45, 2.75) is 24.7 Å². The molecule has 0 spiro atoms. The van der Waals surface area contributed by atoms with Crippen LogP contribution in [0.5, 0.6) is 0 Å².